The lowest BCUT2D eigenvalue weighted by Crippen LogP contribution is -2.25. The Labute approximate surface area is 177 Å². The van der Waals surface area contributed by atoms with Crippen LogP contribution in [0.4, 0.5) is 0 Å². The molecule has 1 unspecified atom stereocenters. The molecule has 1 aliphatic rings. The molecule has 2 rings (SSSR count). The molecule has 0 amide bonds. The van der Waals surface area contributed by atoms with E-state index in [1.165, 1.54) is 0 Å². The predicted octanol–water partition coefficient (Wildman–Crippen LogP) is 3.86. The largest absolute Gasteiger partial charge is 0.493 e. The fourth-order valence-corrected chi connectivity index (χ4v) is 3.37. The predicted molar refractivity (Wildman–Crippen MR) is 113 cm³/mol. The quantitative estimate of drug-likeness (QED) is 0.485. The Bertz CT molecular complexity index is 924. The number of hydrogen-bond acceptors (Lipinski definition) is 7. The van der Waals surface area contributed by atoms with Crippen molar-refractivity contribution in [1.82, 2.24) is 0 Å². The molecule has 160 valence electrons. The van der Waals surface area contributed by atoms with Gasteiger partial charge in [0.05, 0.1) is 31.8 Å². The number of nitrogens with two attached hydrogens (primary N) is 1. The van der Waals surface area contributed by atoms with E-state index < -0.39 is 11.9 Å². The molecule has 0 saturated heterocycles. The van der Waals surface area contributed by atoms with Crippen LogP contribution >= 0.6 is 0 Å². The van der Waals surface area contributed by atoms with E-state index in [1.807, 2.05) is 13.0 Å². The van der Waals surface area contributed by atoms with Crippen molar-refractivity contribution in [3.63, 3.8) is 0 Å². The van der Waals surface area contributed by atoms with Crippen molar-refractivity contribution in [2.45, 2.75) is 39.5 Å². The van der Waals surface area contributed by atoms with E-state index in [-0.39, 0.29) is 23.6 Å². The van der Waals surface area contributed by atoms with Crippen LogP contribution in [0.3, 0.4) is 0 Å². The number of hydrogen-bond donors (Lipinski definition) is 1. The van der Waals surface area contributed by atoms with Gasteiger partial charge in [-0.15, -0.1) is 6.58 Å². The number of nitriles is 1. The summed E-state index contributed by atoms with van der Waals surface area (Å²) in [5.74, 6) is 0.0651. The van der Waals surface area contributed by atoms with E-state index in [0.717, 1.165) is 12.0 Å². The lowest BCUT2D eigenvalue weighted by Gasteiger charge is -2.28. The molecule has 1 aromatic carbocycles. The summed E-state index contributed by atoms with van der Waals surface area (Å²) in [6.45, 7) is 9.89. The summed E-state index contributed by atoms with van der Waals surface area (Å²) in [5.41, 5.74) is 7.83. The lowest BCUT2D eigenvalue weighted by molar-refractivity contribution is -0.139. The van der Waals surface area contributed by atoms with Gasteiger partial charge >= 0.3 is 5.97 Å². The molecule has 30 heavy (non-hydrogen) atoms. The molecule has 0 radical (unpaired) electrons. The second-order valence-electron chi connectivity index (χ2n) is 6.67. The van der Waals surface area contributed by atoms with Crippen LogP contribution in [0.2, 0.25) is 0 Å². The highest BCUT2D eigenvalue weighted by Crippen LogP contribution is 2.43. The topological polar surface area (TPSA) is 104 Å². The van der Waals surface area contributed by atoms with Crippen LogP contribution in [0, 0.1) is 11.3 Å². The number of carbonyl (C=O) groups excluding carboxylic acids is 1. The maximum Gasteiger partial charge on any atom is 0.338 e. The zero-order chi connectivity index (χ0) is 22.3. The van der Waals surface area contributed by atoms with Crippen molar-refractivity contribution in [1.29, 1.82) is 5.26 Å². The minimum absolute atomic E-state index is 0.0383. The van der Waals surface area contributed by atoms with Crippen LogP contribution in [0.5, 0.6) is 11.5 Å². The van der Waals surface area contributed by atoms with Crippen LogP contribution in [0.1, 0.15) is 44.2 Å². The molecule has 1 aromatic rings. The zero-order valence-electron chi connectivity index (χ0n) is 17.9. The molecule has 1 atom stereocenters. The third-order valence-electron chi connectivity index (χ3n) is 4.62. The molecule has 0 bridgehead atoms. The molecular formula is C23H28N2O5. The van der Waals surface area contributed by atoms with E-state index >= 15 is 0 Å². The average Bonchev–Trinajstić information content (AvgIpc) is 2.72. The molecule has 7 heteroatoms. The summed E-state index contributed by atoms with van der Waals surface area (Å²) in [6.07, 6.45) is 3.11. The summed E-state index contributed by atoms with van der Waals surface area (Å²) in [6, 6.07) is 5.72. The molecule has 0 saturated carbocycles. The van der Waals surface area contributed by atoms with Gasteiger partial charge in [-0.2, -0.15) is 5.26 Å². The molecule has 1 aliphatic heterocycles. The van der Waals surface area contributed by atoms with Gasteiger partial charge < -0.3 is 24.7 Å². The van der Waals surface area contributed by atoms with Gasteiger partial charge in [-0.25, -0.2) is 4.79 Å². The molecule has 0 aromatic heterocycles. The first-order valence-electron chi connectivity index (χ1n) is 9.83. The van der Waals surface area contributed by atoms with Crippen LogP contribution < -0.4 is 15.2 Å². The average molecular weight is 412 g/mol. The van der Waals surface area contributed by atoms with Crippen molar-refractivity contribution in [2.75, 3.05) is 20.3 Å². The summed E-state index contributed by atoms with van der Waals surface area (Å²) in [5, 5.41) is 9.76. The highest BCUT2D eigenvalue weighted by Gasteiger charge is 2.37. The van der Waals surface area contributed by atoms with Crippen molar-refractivity contribution in [3.05, 3.63) is 58.7 Å². The Kier molecular flexibility index (Phi) is 7.93. The number of ether oxygens (including phenoxy) is 4. The Hall–Kier alpha value is -3.40. The van der Waals surface area contributed by atoms with E-state index in [9.17, 15) is 10.1 Å². The minimum atomic E-state index is -0.750. The summed E-state index contributed by atoms with van der Waals surface area (Å²) < 4.78 is 22.2. The monoisotopic (exact) mass is 412 g/mol. The van der Waals surface area contributed by atoms with E-state index in [2.05, 4.69) is 12.6 Å². The Balaban J connectivity index is 2.73. The molecule has 0 fully saturated rings. The normalized spacial score (nSPS) is 15.9. The van der Waals surface area contributed by atoms with Crippen molar-refractivity contribution >= 4 is 5.97 Å². The van der Waals surface area contributed by atoms with Gasteiger partial charge in [-0.05, 0) is 38.3 Å². The van der Waals surface area contributed by atoms with Crippen LogP contribution in [-0.4, -0.2) is 26.3 Å². The minimum Gasteiger partial charge on any atom is -0.493 e. The zero-order valence-corrected chi connectivity index (χ0v) is 17.9. The van der Waals surface area contributed by atoms with Crippen molar-refractivity contribution in [3.8, 4) is 17.6 Å². The first kappa shape index (κ1) is 22.9. The van der Waals surface area contributed by atoms with E-state index in [0.29, 0.717) is 35.8 Å². The maximum absolute atomic E-state index is 12.7. The van der Waals surface area contributed by atoms with Gasteiger partial charge in [0.15, 0.2) is 11.5 Å². The van der Waals surface area contributed by atoms with Gasteiger partial charge in [0.2, 0.25) is 5.88 Å². The first-order valence-corrected chi connectivity index (χ1v) is 9.83. The van der Waals surface area contributed by atoms with Crippen molar-refractivity contribution < 1.29 is 23.7 Å². The number of nitrogens with zero attached hydrogens (tertiary/aromatic N) is 1. The second kappa shape index (κ2) is 10.4. The summed E-state index contributed by atoms with van der Waals surface area (Å²) in [4.78, 5) is 12.7. The van der Waals surface area contributed by atoms with Crippen molar-refractivity contribution in [2.24, 2.45) is 5.73 Å². The number of methoxy groups -OCH3 is 1. The highest BCUT2D eigenvalue weighted by molar-refractivity contribution is 5.92. The number of carbonyl (C=O) groups is 1. The van der Waals surface area contributed by atoms with Gasteiger partial charge in [-0.3, -0.25) is 0 Å². The Morgan fingerprint density at radius 1 is 1.40 bits per heavy atom. The van der Waals surface area contributed by atoms with Crippen LogP contribution in [0.15, 0.2) is 47.6 Å². The third kappa shape index (κ3) is 4.60. The summed E-state index contributed by atoms with van der Waals surface area (Å²) >= 11 is 0. The second-order valence-corrected chi connectivity index (χ2v) is 6.67. The molecule has 7 nitrogen and oxygen atoms in total. The number of rotatable bonds is 9. The van der Waals surface area contributed by atoms with Gasteiger partial charge in [0, 0.05) is 5.56 Å². The molecule has 0 aliphatic carbocycles. The number of allylic oxidation sites excluding steroid dienone is 3. The highest BCUT2D eigenvalue weighted by atomic mass is 16.5. The van der Waals surface area contributed by atoms with E-state index in [1.54, 1.807) is 33.1 Å². The lowest BCUT2D eigenvalue weighted by atomic mass is 9.82. The molecule has 2 N–H and O–H groups in total. The van der Waals surface area contributed by atoms with Gasteiger partial charge in [-0.1, -0.05) is 19.1 Å². The van der Waals surface area contributed by atoms with E-state index in [4.69, 9.17) is 24.7 Å². The molecule has 0 spiro atoms. The fourth-order valence-electron chi connectivity index (χ4n) is 3.37. The third-order valence-corrected chi connectivity index (χ3v) is 4.62. The first-order chi connectivity index (χ1) is 14.4. The Morgan fingerprint density at radius 3 is 2.70 bits per heavy atom. The maximum atomic E-state index is 12.7. The smallest absolute Gasteiger partial charge is 0.338 e. The Morgan fingerprint density at radius 2 is 2.13 bits per heavy atom. The number of esters is 1. The molecule has 1 heterocycles. The molecular weight excluding hydrogens is 384 g/mol. The van der Waals surface area contributed by atoms with Crippen LogP contribution in [-0.2, 0) is 20.7 Å². The summed E-state index contributed by atoms with van der Waals surface area (Å²) in [7, 11) is 1.54. The fraction of sp³-hybridized carbons (Fsp3) is 0.391. The number of benzene rings is 1. The van der Waals surface area contributed by atoms with Gasteiger partial charge in [0.25, 0.3) is 0 Å². The van der Waals surface area contributed by atoms with Crippen LogP contribution in [0.25, 0.3) is 0 Å². The van der Waals surface area contributed by atoms with Gasteiger partial charge in [0.1, 0.15) is 17.4 Å². The standard InChI is InChI=1S/C23H28N2O5/c1-6-9-15-11-16(12-18(27-5)21(15)29-10-7-2)20-17(13-24)22(25)30-14(4)19(20)23(26)28-8-3/h6,11-12,20H,1,7-10,25H2,2-5H3. The SMILES string of the molecule is C=CCc1cc(C2C(C#N)=C(N)OC(C)=C2C(=O)OCC)cc(OC)c1OCCC.